The van der Waals surface area contributed by atoms with Crippen LogP contribution in [0.3, 0.4) is 0 Å². The van der Waals surface area contributed by atoms with Gasteiger partial charge in [-0.25, -0.2) is 0 Å². The second-order valence-electron chi connectivity index (χ2n) is 4.62. The maximum Gasteiger partial charge on any atom is 0.319 e. The van der Waals surface area contributed by atoms with E-state index < -0.39 is 11.6 Å². The number of halogens is 1. The van der Waals surface area contributed by atoms with Gasteiger partial charge in [0, 0.05) is 0 Å². The average Bonchev–Trinajstić information content (AvgIpc) is 2.30. The SMILES string of the molecule is CCCCCCCCC(N)(N)COC(=O)CN.Cl. The lowest BCUT2D eigenvalue weighted by atomic mass is 10.0. The van der Waals surface area contributed by atoms with E-state index in [0.29, 0.717) is 6.42 Å². The van der Waals surface area contributed by atoms with Crippen LogP contribution in [0.15, 0.2) is 0 Å². The van der Waals surface area contributed by atoms with Crippen molar-refractivity contribution < 1.29 is 9.53 Å². The van der Waals surface area contributed by atoms with Crippen molar-refractivity contribution in [1.82, 2.24) is 0 Å². The van der Waals surface area contributed by atoms with Crippen LogP contribution in [0.25, 0.3) is 0 Å². The Labute approximate surface area is 116 Å². The Hall–Kier alpha value is -0.360. The van der Waals surface area contributed by atoms with Gasteiger partial charge in [-0.2, -0.15) is 0 Å². The number of carbonyl (C=O) groups excluding carboxylic acids is 1. The molecule has 0 saturated heterocycles. The Kier molecular flexibility index (Phi) is 13.0. The van der Waals surface area contributed by atoms with Gasteiger partial charge < -0.3 is 21.9 Å². The molecule has 18 heavy (non-hydrogen) atoms. The molecule has 0 heterocycles. The van der Waals surface area contributed by atoms with Crippen molar-refractivity contribution in [1.29, 1.82) is 0 Å². The lowest BCUT2D eigenvalue weighted by molar-refractivity contribution is -0.143. The first-order chi connectivity index (χ1) is 8.02. The summed E-state index contributed by atoms with van der Waals surface area (Å²) in [6, 6.07) is 0. The van der Waals surface area contributed by atoms with Gasteiger partial charge in [0.2, 0.25) is 0 Å². The Morgan fingerprint density at radius 1 is 1.11 bits per heavy atom. The summed E-state index contributed by atoms with van der Waals surface area (Å²) in [4.78, 5) is 10.8. The Bertz CT molecular complexity index is 213. The standard InChI is InChI=1S/C12H27N3O2.ClH/c1-2-3-4-5-6-7-8-12(14,15)10-17-11(16)9-13;/h2-10,13-15H2,1H3;1H. The van der Waals surface area contributed by atoms with Crippen molar-refractivity contribution in [3.05, 3.63) is 0 Å². The zero-order chi connectivity index (χ0) is 13.1. The molecule has 0 aliphatic carbocycles. The van der Waals surface area contributed by atoms with Crippen molar-refractivity contribution in [2.24, 2.45) is 17.2 Å². The molecule has 6 heteroatoms. The molecule has 6 N–H and O–H groups in total. The van der Waals surface area contributed by atoms with Gasteiger partial charge in [-0.05, 0) is 6.42 Å². The second kappa shape index (κ2) is 11.7. The van der Waals surface area contributed by atoms with E-state index in [9.17, 15) is 4.79 Å². The predicted molar refractivity (Wildman–Crippen MR) is 76.4 cm³/mol. The van der Waals surface area contributed by atoms with Crippen LogP contribution in [0.2, 0.25) is 0 Å². The van der Waals surface area contributed by atoms with Crippen LogP contribution in [-0.4, -0.2) is 24.8 Å². The number of nitrogens with two attached hydrogens (primary N) is 3. The summed E-state index contributed by atoms with van der Waals surface area (Å²) in [6.07, 6.45) is 7.76. The maximum atomic E-state index is 10.8. The van der Waals surface area contributed by atoms with E-state index in [1.165, 1.54) is 25.7 Å². The average molecular weight is 282 g/mol. The zero-order valence-corrected chi connectivity index (χ0v) is 12.1. The molecule has 0 unspecified atom stereocenters. The number of hydrogen-bond acceptors (Lipinski definition) is 5. The maximum absolute atomic E-state index is 10.8. The van der Waals surface area contributed by atoms with Crippen LogP contribution in [-0.2, 0) is 9.53 Å². The van der Waals surface area contributed by atoms with E-state index in [4.69, 9.17) is 21.9 Å². The Morgan fingerprint density at radius 2 is 1.67 bits per heavy atom. The van der Waals surface area contributed by atoms with E-state index in [2.05, 4.69) is 6.92 Å². The molecule has 0 amide bonds. The summed E-state index contributed by atoms with van der Waals surface area (Å²) in [7, 11) is 0. The minimum atomic E-state index is -0.921. The third-order valence-electron chi connectivity index (χ3n) is 2.66. The van der Waals surface area contributed by atoms with Gasteiger partial charge in [-0.1, -0.05) is 45.4 Å². The fourth-order valence-electron chi connectivity index (χ4n) is 1.58. The second-order valence-corrected chi connectivity index (χ2v) is 4.62. The Balaban J connectivity index is 0. The highest BCUT2D eigenvalue weighted by Crippen LogP contribution is 2.11. The first kappa shape index (κ1) is 20.0. The third-order valence-corrected chi connectivity index (χ3v) is 2.66. The molecule has 0 aliphatic heterocycles. The minimum Gasteiger partial charge on any atom is -0.461 e. The summed E-state index contributed by atoms with van der Waals surface area (Å²) in [5.74, 6) is -0.465. The van der Waals surface area contributed by atoms with E-state index in [-0.39, 0.29) is 25.6 Å². The molecule has 0 aliphatic rings. The van der Waals surface area contributed by atoms with Crippen LogP contribution in [0.1, 0.15) is 51.9 Å². The van der Waals surface area contributed by atoms with Crippen molar-refractivity contribution in [3.8, 4) is 0 Å². The van der Waals surface area contributed by atoms with Gasteiger partial charge in [0.15, 0.2) is 0 Å². The molecule has 5 nitrogen and oxygen atoms in total. The smallest absolute Gasteiger partial charge is 0.319 e. The van der Waals surface area contributed by atoms with Crippen molar-refractivity contribution in [3.63, 3.8) is 0 Å². The summed E-state index contributed by atoms with van der Waals surface area (Å²) in [5.41, 5.74) is 15.8. The molecular weight excluding hydrogens is 254 g/mol. The molecular formula is C12H28ClN3O2. The van der Waals surface area contributed by atoms with E-state index in [0.717, 1.165) is 12.8 Å². The van der Waals surface area contributed by atoms with Crippen LogP contribution in [0, 0.1) is 0 Å². The molecule has 0 bridgehead atoms. The van der Waals surface area contributed by atoms with Gasteiger partial charge in [-0.3, -0.25) is 4.79 Å². The molecule has 0 aromatic heterocycles. The van der Waals surface area contributed by atoms with Gasteiger partial charge in [0.1, 0.15) is 6.61 Å². The highest BCUT2D eigenvalue weighted by atomic mass is 35.5. The minimum absolute atomic E-state index is 0. The molecule has 0 radical (unpaired) electrons. The number of ether oxygens (including phenoxy) is 1. The number of hydrogen-bond donors (Lipinski definition) is 3. The largest absolute Gasteiger partial charge is 0.461 e. The Morgan fingerprint density at radius 3 is 2.22 bits per heavy atom. The first-order valence-electron chi connectivity index (χ1n) is 6.45. The third kappa shape index (κ3) is 12.1. The van der Waals surface area contributed by atoms with Gasteiger partial charge in [0.25, 0.3) is 0 Å². The molecule has 0 atom stereocenters. The molecule has 0 fully saturated rings. The lowest BCUT2D eigenvalue weighted by Crippen LogP contribution is -2.53. The molecule has 0 saturated carbocycles. The van der Waals surface area contributed by atoms with E-state index in [1.807, 2.05) is 0 Å². The zero-order valence-electron chi connectivity index (χ0n) is 11.3. The predicted octanol–water partition coefficient (Wildman–Crippen LogP) is 1.27. The van der Waals surface area contributed by atoms with Crippen molar-refractivity contribution in [2.45, 2.75) is 57.5 Å². The van der Waals surface area contributed by atoms with E-state index >= 15 is 0 Å². The summed E-state index contributed by atoms with van der Waals surface area (Å²) < 4.78 is 4.84. The monoisotopic (exact) mass is 281 g/mol. The number of carbonyl (C=O) groups is 1. The topological polar surface area (TPSA) is 104 Å². The molecule has 0 aromatic carbocycles. The van der Waals surface area contributed by atoms with Gasteiger partial charge >= 0.3 is 5.97 Å². The number of esters is 1. The van der Waals surface area contributed by atoms with Gasteiger partial charge in [0.05, 0.1) is 12.2 Å². The van der Waals surface area contributed by atoms with Crippen LogP contribution < -0.4 is 17.2 Å². The van der Waals surface area contributed by atoms with Gasteiger partial charge in [-0.15, -0.1) is 12.4 Å². The highest BCUT2D eigenvalue weighted by Gasteiger charge is 2.20. The van der Waals surface area contributed by atoms with Crippen LogP contribution in [0.4, 0.5) is 0 Å². The van der Waals surface area contributed by atoms with Crippen molar-refractivity contribution in [2.75, 3.05) is 13.2 Å². The number of unbranched alkanes of at least 4 members (excludes halogenated alkanes) is 5. The summed E-state index contributed by atoms with van der Waals surface area (Å²) in [6.45, 7) is 2.10. The lowest BCUT2D eigenvalue weighted by Gasteiger charge is -2.23. The van der Waals surface area contributed by atoms with Crippen LogP contribution in [0.5, 0.6) is 0 Å². The molecule has 0 spiro atoms. The first-order valence-corrected chi connectivity index (χ1v) is 6.45. The molecule has 0 rings (SSSR count). The quantitative estimate of drug-likeness (QED) is 0.318. The molecule has 110 valence electrons. The fourth-order valence-corrected chi connectivity index (χ4v) is 1.58. The summed E-state index contributed by atoms with van der Waals surface area (Å²) >= 11 is 0. The summed E-state index contributed by atoms with van der Waals surface area (Å²) in [5, 5.41) is 0. The van der Waals surface area contributed by atoms with Crippen molar-refractivity contribution >= 4 is 18.4 Å². The number of rotatable bonds is 10. The fraction of sp³-hybridized carbons (Fsp3) is 0.917. The van der Waals surface area contributed by atoms with E-state index in [1.54, 1.807) is 0 Å². The van der Waals surface area contributed by atoms with Crippen LogP contribution >= 0.6 is 12.4 Å². The molecule has 0 aromatic rings. The highest BCUT2D eigenvalue weighted by molar-refractivity contribution is 5.85. The normalized spacial score (nSPS) is 10.9.